The minimum atomic E-state index is -0.560. The Bertz CT molecular complexity index is 740. The molecular formula is C23H31FN2O2. The Kier molecular flexibility index (Phi) is 7.98. The summed E-state index contributed by atoms with van der Waals surface area (Å²) < 4.78 is 19.1. The quantitative estimate of drug-likeness (QED) is 0.756. The monoisotopic (exact) mass is 386 g/mol. The molecule has 1 N–H and O–H groups in total. The minimum Gasteiger partial charge on any atom is -0.389 e. The van der Waals surface area contributed by atoms with Crippen molar-refractivity contribution in [3.05, 3.63) is 71.0 Å². The van der Waals surface area contributed by atoms with E-state index in [4.69, 9.17) is 4.74 Å². The van der Waals surface area contributed by atoms with E-state index >= 15 is 0 Å². The molecule has 152 valence electrons. The third-order valence-electron chi connectivity index (χ3n) is 5.33. The van der Waals surface area contributed by atoms with Crippen LogP contribution in [0, 0.1) is 12.7 Å². The highest BCUT2D eigenvalue weighted by Crippen LogP contribution is 2.13. The van der Waals surface area contributed by atoms with E-state index < -0.39 is 6.10 Å². The largest absolute Gasteiger partial charge is 0.389 e. The Morgan fingerprint density at radius 1 is 0.964 bits per heavy atom. The molecule has 0 aromatic heterocycles. The van der Waals surface area contributed by atoms with E-state index in [2.05, 4.69) is 41.0 Å². The maximum absolute atomic E-state index is 13.6. The first-order chi connectivity index (χ1) is 13.6. The van der Waals surface area contributed by atoms with E-state index in [1.54, 1.807) is 18.2 Å². The van der Waals surface area contributed by atoms with Crippen LogP contribution in [0.15, 0.2) is 48.5 Å². The number of nitrogens with zero attached hydrogens (tertiary/aromatic N) is 2. The average Bonchev–Trinajstić information content (AvgIpc) is 2.90. The van der Waals surface area contributed by atoms with Crippen LogP contribution in [-0.2, 0) is 17.9 Å². The molecule has 0 saturated carbocycles. The molecule has 1 unspecified atom stereocenters. The van der Waals surface area contributed by atoms with Gasteiger partial charge in [0.15, 0.2) is 0 Å². The Morgan fingerprint density at radius 3 is 2.43 bits per heavy atom. The van der Waals surface area contributed by atoms with E-state index in [0.717, 1.165) is 39.1 Å². The molecule has 1 fully saturated rings. The molecule has 2 aromatic rings. The number of aryl methyl sites for hydroxylation is 1. The lowest BCUT2D eigenvalue weighted by atomic mass is 10.1. The molecule has 5 heteroatoms. The van der Waals surface area contributed by atoms with Gasteiger partial charge in [-0.3, -0.25) is 9.80 Å². The third-order valence-corrected chi connectivity index (χ3v) is 5.33. The molecular weight excluding hydrogens is 355 g/mol. The molecule has 4 nitrogen and oxygen atoms in total. The highest BCUT2D eigenvalue weighted by molar-refractivity contribution is 5.25. The molecule has 28 heavy (non-hydrogen) atoms. The van der Waals surface area contributed by atoms with E-state index in [9.17, 15) is 9.50 Å². The van der Waals surface area contributed by atoms with Crippen LogP contribution in [0.1, 0.15) is 23.1 Å². The van der Waals surface area contributed by atoms with Gasteiger partial charge in [0.1, 0.15) is 5.82 Å². The normalized spacial score (nSPS) is 17.4. The van der Waals surface area contributed by atoms with Crippen LogP contribution in [0.5, 0.6) is 0 Å². The molecule has 1 saturated heterocycles. The van der Waals surface area contributed by atoms with Crippen LogP contribution in [-0.4, -0.2) is 60.3 Å². The second-order valence-corrected chi connectivity index (χ2v) is 7.62. The first-order valence-corrected chi connectivity index (χ1v) is 10.1. The maximum Gasteiger partial charge on any atom is 0.128 e. The summed E-state index contributed by atoms with van der Waals surface area (Å²) in [6, 6.07) is 15.1. The Morgan fingerprint density at radius 2 is 1.64 bits per heavy atom. The summed E-state index contributed by atoms with van der Waals surface area (Å²) in [6.45, 7) is 8.14. The van der Waals surface area contributed by atoms with Gasteiger partial charge >= 0.3 is 0 Å². The van der Waals surface area contributed by atoms with Crippen molar-refractivity contribution in [1.82, 2.24) is 9.80 Å². The fourth-order valence-electron chi connectivity index (χ4n) is 3.66. The van der Waals surface area contributed by atoms with Crippen LogP contribution >= 0.6 is 0 Å². The number of hydrogen-bond donors (Lipinski definition) is 1. The summed E-state index contributed by atoms with van der Waals surface area (Å²) in [7, 11) is 0. The number of hydrogen-bond acceptors (Lipinski definition) is 4. The van der Waals surface area contributed by atoms with Crippen molar-refractivity contribution in [2.24, 2.45) is 0 Å². The first kappa shape index (κ1) is 20.9. The zero-order valence-electron chi connectivity index (χ0n) is 16.7. The van der Waals surface area contributed by atoms with Crippen molar-refractivity contribution in [3.63, 3.8) is 0 Å². The van der Waals surface area contributed by atoms with Crippen LogP contribution in [0.3, 0.4) is 0 Å². The zero-order valence-corrected chi connectivity index (χ0v) is 16.7. The van der Waals surface area contributed by atoms with Crippen molar-refractivity contribution in [2.45, 2.75) is 32.6 Å². The SMILES string of the molecule is Cc1ccccc1CN1CCCN(CC(O)COCc2ccccc2F)CC1. The van der Waals surface area contributed by atoms with Gasteiger partial charge < -0.3 is 9.84 Å². The molecule has 0 radical (unpaired) electrons. The number of ether oxygens (including phenoxy) is 1. The summed E-state index contributed by atoms with van der Waals surface area (Å²) in [4.78, 5) is 4.79. The highest BCUT2D eigenvalue weighted by atomic mass is 19.1. The van der Waals surface area contributed by atoms with Gasteiger partial charge in [-0.25, -0.2) is 4.39 Å². The second-order valence-electron chi connectivity index (χ2n) is 7.62. The molecule has 1 aliphatic rings. The van der Waals surface area contributed by atoms with Crippen LogP contribution in [0.25, 0.3) is 0 Å². The van der Waals surface area contributed by atoms with Gasteiger partial charge in [-0.05, 0) is 43.6 Å². The van der Waals surface area contributed by atoms with Crippen LogP contribution < -0.4 is 0 Å². The molecule has 3 rings (SSSR count). The molecule has 0 spiro atoms. The van der Waals surface area contributed by atoms with Gasteiger partial charge in [0.25, 0.3) is 0 Å². The summed E-state index contributed by atoms with van der Waals surface area (Å²) in [5.41, 5.74) is 3.25. The fraction of sp³-hybridized carbons (Fsp3) is 0.478. The van der Waals surface area contributed by atoms with Crippen molar-refractivity contribution in [3.8, 4) is 0 Å². The van der Waals surface area contributed by atoms with Gasteiger partial charge in [0.05, 0.1) is 19.3 Å². The molecule has 0 amide bonds. The Balaban J connectivity index is 1.39. The number of aliphatic hydroxyl groups excluding tert-OH is 1. The van der Waals surface area contributed by atoms with E-state index in [1.807, 2.05) is 0 Å². The molecule has 0 bridgehead atoms. The van der Waals surface area contributed by atoms with E-state index in [0.29, 0.717) is 12.1 Å². The van der Waals surface area contributed by atoms with Gasteiger partial charge in [-0.15, -0.1) is 0 Å². The zero-order chi connectivity index (χ0) is 19.8. The van der Waals surface area contributed by atoms with Crippen molar-refractivity contribution in [1.29, 1.82) is 0 Å². The third kappa shape index (κ3) is 6.38. The van der Waals surface area contributed by atoms with Gasteiger partial charge in [0.2, 0.25) is 0 Å². The van der Waals surface area contributed by atoms with Crippen molar-refractivity contribution >= 4 is 0 Å². The van der Waals surface area contributed by atoms with Crippen molar-refractivity contribution in [2.75, 3.05) is 39.3 Å². The number of aliphatic hydroxyl groups is 1. The fourth-order valence-corrected chi connectivity index (χ4v) is 3.66. The summed E-state index contributed by atoms with van der Waals surface area (Å²) in [5, 5.41) is 10.3. The van der Waals surface area contributed by atoms with Gasteiger partial charge in [0, 0.05) is 31.7 Å². The van der Waals surface area contributed by atoms with E-state index in [-0.39, 0.29) is 19.0 Å². The number of β-amino-alcohol motifs (C(OH)–C–C–N with tert-alkyl or cyclic N) is 1. The van der Waals surface area contributed by atoms with Gasteiger partial charge in [-0.1, -0.05) is 42.5 Å². The molecule has 0 aliphatic carbocycles. The average molecular weight is 387 g/mol. The summed E-state index contributed by atoms with van der Waals surface area (Å²) in [6.07, 6.45) is 0.531. The number of rotatable bonds is 8. The first-order valence-electron chi connectivity index (χ1n) is 10.1. The lowest BCUT2D eigenvalue weighted by Gasteiger charge is -2.24. The molecule has 1 heterocycles. The smallest absolute Gasteiger partial charge is 0.128 e. The Hall–Kier alpha value is -1.79. The van der Waals surface area contributed by atoms with Crippen molar-refractivity contribution < 1.29 is 14.2 Å². The lowest BCUT2D eigenvalue weighted by Crippen LogP contribution is -2.37. The molecule has 1 aliphatic heterocycles. The number of halogens is 1. The number of benzene rings is 2. The summed E-state index contributed by atoms with van der Waals surface area (Å²) in [5.74, 6) is -0.266. The maximum atomic E-state index is 13.6. The topological polar surface area (TPSA) is 35.9 Å². The lowest BCUT2D eigenvalue weighted by molar-refractivity contribution is 0.00971. The van der Waals surface area contributed by atoms with Crippen LogP contribution in [0.2, 0.25) is 0 Å². The predicted molar refractivity (Wildman–Crippen MR) is 110 cm³/mol. The van der Waals surface area contributed by atoms with E-state index in [1.165, 1.54) is 17.2 Å². The summed E-state index contributed by atoms with van der Waals surface area (Å²) >= 11 is 0. The standard InChI is InChI=1S/C23H31FN2O2/c1-19-7-2-3-8-20(19)15-25-11-6-12-26(14-13-25)16-22(27)18-28-17-21-9-4-5-10-23(21)24/h2-5,7-10,22,27H,6,11-18H2,1H3. The van der Waals surface area contributed by atoms with Gasteiger partial charge in [-0.2, -0.15) is 0 Å². The van der Waals surface area contributed by atoms with Crippen LogP contribution in [0.4, 0.5) is 4.39 Å². The molecule has 1 atom stereocenters. The molecule has 2 aromatic carbocycles. The minimum absolute atomic E-state index is 0.188. The Labute approximate surface area is 167 Å². The second kappa shape index (κ2) is 10.7. The predicted octanol–water partition coefficient (Wildman–Crippen LogP) is 3.22. The highest BCUT2D eigenvalue weighted by Gasteiger charge is 2.18.